The molecule has 272 valence electrons. The van der Waals surface area contributed by atoms with Crippen molar-refractivity contribution >= 4 is 39.8 Å². The smallest absolute Gasteiger partial charge is 0.316 e. The van der Waals surface area contributed by atoms with Gasteiger partial charge in [0.2, 0.25) is 0 Å². The van der Waals surface area contributed by atoms with Gasteiger partial charge in [-0.15, -0.1) is 0 Å². The standard InChI is InChI=1S/C37H48ClN4O7S/c1-24-7-6-9-32(47-2)30-14-11-28(30)20-41-19-27-10-13-29(38)17-25(27)8-4-5-16-49-33-15-12-26(18-31(33)41)34(44)40-50(46)35(24)39-36(45)42-21-37(22-42,23-43)48-3/h6,9-10,12-13,15,17-18,24,28,30,32,35,43H,4-5,7-8,11,14,16,19-23H2,1-3H3,(H,39,45)/q-1/b9-6+/t24-,28-,30+,32-,35?/m0/s1. The van der Waals surface area contributed by atoms with Gasteiger partial charge in [0.1, 0.15) is 11.4 Å². The van der Waals surface area contributed by atoms with Gasteiger partial charge in [-0.05, 0) is 103 Å². The fourth-order valence-corrected chi connectivity index (χ4v) is 8.71. The van der Waals surface area contributed by atoms with Crippen LogP contribution in [-0.4, -0.2) is 86.1 Å². The summed E-state index contributed by atoms with van der Waals surface area (Å²) in [7, 11) is 1.12. The quantitative estimate of drug-likeness (QED) is 0.303. The molecule has 2 bridgehead atoms. The number of allylic oxidation sites excluding steroid dienone is 1. The van der Waals surface area contributed by atoms with Crippen molar-refractivity contribution in [2.75, 3.05) is 52.0 Å². The second-order valence-electron chi connectivity index (χ2n) is 14.1. The molecule has 0 spiro atoms. The number of anilines is 1. The van der Waals surface area contributed by atoms with Crippen LogP contribution < -0.4 is 15.0 Å². The number of halogens is 1. The number of likely N-dealkylation sites (tertiary alicyclic amines) is 1. The Bertz CT molecular complexity index is 1670. The van der Waals surface area contributed by atoms with Gasteiger partial charge in [-0.2, -0.15) is 10.6 Å². The number of aliphatic hydroxyl groups excluding tert-OH is 1. The average molecular weight is 728 g/mol. The van der Waals surface area contributed by atoms with E-state index in [1.54, 1.807) is 19.2 Å². The van der Waals surface area contributed by atoms with Gasteiger partial charge in [-0.25, -0.2) is 4.79 Å². The number of aliphatic hydroxyl groups is 1. The maximum absolute atomic E-state index is 13.9. The maximum atomic E-state index is 13.9. The number of methoxy groups -OCH3 is 2. The predicted octanol–water partition coefficient (Wildman–Crippen LogP) is 5.72. The number of urea groups is 1. The van der Waals surface area contributed by atoms with Crippen LogP contribution in [0.2, 0.25) is 5.02 Å². The van der Waals surface area contributed by atoms with Gasteiger partial charge in [0, 0.05) is 37.9 Å². The van der Waals surface area contributed by atoms with Crippen molar-refractivity contribution < 1.29 is 33.1 Å². The van der Waals surface area contributed by atoms with E-state index in [1.807, 2.05) is 25.1 Å². The minimum absolute atomic E-state index is 0.113. The van der Waals surface area contributed by atoms with Crippen molar-refractivity contribution in [2.45, 2.75) is 69.1 Å². The number of nitrogens with zero attached hydrogens (tertiary/aromatic N) is 3. The van der Waals surface area contributed by atoms with Gasteiger partial charge < -0.3 is 43.0 Å². The molecule has 1 saturated heterocycles. The number of ether oxygens (including phenoxy) is 3. The maximum Gasteiger partial charge on any atom is 0.316 e. The Balaban J connectivity index is 1.38. The van der Waals surface area contributed by atoms with Crippen molar-refractivity contribution in [3.63, 3.8) is 0 Å². The number of fused-ring (bicyclic) bond motifs is 3. The number of hydrogen-bond donors (Lipinski definition) is 2. The lowest BCUT2D eigenvalue weighted by atomic mass is 9.70. The predicted molar refractivity (Wildman–Crippen MR) is 193 cm³/mol. The number of aryl methyl sites for hydroxylation is 1. The molecule has 4 aliphatic rings. The zero-order valence-electron chi connectivity index (χ0n) is 29.0. The molecular formula is C37H48ClN4O7S-. The second-order valence-corrected chi connectivity index (χ2v) is 15.7. The van der Waals surface area contributed by atoms with E-state index in [2.05, 4.69) is 32.8 Å². The third-order valence-corrected chi connectivity index (χ3v) is 12.4. The molecule has 3 heterocycles. The van der Waals surface area contributed by atoms with E-state index in [1.165, 1.54) is 23.1 Å². The van der Waals surface area contributed by atoms with Crippen LogP contribution in [0.3, 0.4) is 0 Å². The van der Waals surface area contributed by atoms with E-state index < -0.39 is 33.5 Å². The van der Waals surface area contributed by atoms with Gasteiger partial charge in [-0.3, -0.25) is 4.79 Å². The topological polar surface area (TPSA) is 130 Å². The summed E-state index contributed by atoms with van der Waals surface area (Å²) in [6.45, 7) is 3.91. The van der Waals surface area contributed by atoms with Crippen molar-refractivity contribution in [2.24, 2.45) is 22.1 Å². The summed E-state index contributed by atoms with van der Waals surface area (Å²) in [4.78, 5) is 30.8. The molecule has 3 amide bonds. The van der Waals surface area contributed by atoms with Gasteiger partial charge in [-0.1, -0.05) is 36.7 Å². The zero-order valence-corrected chi connectivity index (χ0v) is 30.6. The normalized spacial score (nSPS) is 27.9. The molecule has 11 nitrogen and oxygen atoms in total. The number of carbonyl (C=O) groups excluding carboxylic acids is 2. The third-order valence-electron chi connectivity index (χ3n) is 10.8. The zero-order chi connectivity index (χ0) is 35.4. The number of rotatable bonds is 4. The molecule has 6 rings (SSSR count). The minimum Gasteiger partial charge on any atom is -0.491 e. The fraction of sp³-hybridized carbons (Fsp3) is 0.568. The highest BCUT2D eigenvalue weighted by molar-refractivity contribution is 7.75. The highest BCUT2D eigenvalue weighted by Crippen LogP contribution is 2.42. The van der Waals surface area contributed by atoms with Crippen LogP contribution in [0.4, 0.5) is 10.5 Å². The Morgan fingerprint density at radius 1 is 1.16 bits per heavy atom. The molecule has 3 aliphatic heterocycles. The summed E-state index contributed by atoms with van der Waals surface area (Å²) >= 11 is 6.45. The fourth-order valence-electron chi connectivity index (χ4n) is 7.42. The largest absolute Gasteiger partial charge is 0.491 e. The van der Waals surface area contributed by atoms with Crippen molar-refractivity contribution in [1.82, 2.24) is 10.2 Å². The van der Waals surface area contributed by atoms with E-state index in [4.69, 9.17) is 25.8 Å². The average Bonchev–Trinajstić information content (AvgIpc) is 3.10. The Kier molecular flexibility index (Phi) is 11.7. The van der Waals surface area contributed by atoms with E-state index in [0.717, 1.165) is 44.3 Å². The molecule has 1 saturated carbocycles. The number of hydrogen-bond acceptors (Lipinski definition) is 9. The van der Waals surface area contributed by atoms with Gasteiger partial charge >= 0.3 is 6.03 Å². The van der Waals surface area contributed by atoms with Crippen LogP contribution in [-0.2, 0) is 37.2 Å². The highest BCUT2D eigenvalue weighted by atomic mass is 35.5. The number of benzene rings is 2. The van der Waals surface area contributed by atoms with E-state index >= 15 is 0 Å². The monoisotopic (exact) mass is 727 g/mol. The lowest BCUT2D eigenvalue weighted by molar-refractivity contribution is -0.131. The number of carbonyl (C=O) groups is 2. The molecule has 5 atom stereocenters. The molecule has 13 heteroatoms. The SMILES string of the molecule is CO[C@H]1/C=C/C[C@H](C)C(NC(=O)N2CC(CO)(OC)C2)[S-](=O)=NC(=O)c2ccc3c(c2)N(Cc2ccc(Cl)cc2CCCCO3)C[C@@H]2CC[C@H]21. The molecule has 2 N–H and O–H groups in total. The summed E-state index contributed by atoms with van der Waals surface area (Å²) in [6.07, 6.45) is 9.25. The molecular weight excluding hydrogens is 680 g/mol. The van der Waals surface area contributed by atoms with Crippen LogP contribution in [0.5, 0.6) is 5.75 Å². The van der Waals surface area contributed by atoms with Crippen molar-refractivity contribution in [1.29, 1.82) is 0 Å². The van der Waals surface area contributed by atoms with Gasteiger partial charge in [0.25, 0.3) is 5.91 Å². The van der Waals surface area contributed by atoms with E-state index in [0.29, 0.717) is 36.3 Å². The number of nitrogens with one attached hydrogen (secondary N) is 1. The summed E-state index contributed by atoms with van der Waals surface area (Å²) in [5.74, 6) is 0.345. The van der Waals surface area contributed by atoms with Crippen molar-refractivity contribution in [3.8, 4) is 5.75 Å². The van der Waals surface area contributed by atoms with E-state index in [-0.39, 0.29) is 43.2 Å². The van der Waals surface area contributed by atoms with Crippen LogP contribution in [0.25, 0.3) is 0 Å². The third kappa shape index (κ3) is 7.99. The Morgan fingerprint density at radius 3 is 2.70 bits per heavy atom. The van der Waals surface area contributed by atoms with E-state index in [9.17, 15) is 18.9 Å². The minimum atomic E-state index is -2.10. The molecule has 0 radical (unpaired) electrons. The van der Waals surface area contributed by atoms with Crippen LogP contribution >= 0.6 is 11.6 Å². The summed E-state index contributed by atoms with van der Waals surface area (Å²) in [5.41, 5.74) is 2.64. The van der Waals surface area contributed by atoms with Gasteiger partial charge in [0.15, 0.2) is 0 Å². The molecule has 1 unspecified atom stereocenters. The highest BCUT2D eigenvalue weighted by Gasteiger charge is 2.45. The molecule has 2 aromatic rings. The molecule has 1 aliphatic carbocycles. The summed E-state index contributed by atoms with van der Waals surface area (Å²) in [5, 5.41) is 12.4. The molecule has 2 aromatic carbocycles. The van der Waals surface area contributed by atoms with Crippen LogP contribution in [0.1, 0.15) is 60.5 Å². The Hall–Kier alpha value is -3.16. The molecule has 0 aromatic heterocycles. The first-order chi connectivity index (χ1) is 24.1. The second kappa shape index (κ2) is 16.0. The Labute approximate surface area is 301 Å². The summed E-state index contributed by atoms with van der Waals surface area (Å²) < 4.78 is 35.8. The first-order valence-corrected chi connectivity index (χ1v) is 19.0. The number of amides is 3. The lowest BCUT2D eigenvalue weighted by Crippen LogP contribution is -2.68. The molecule has 2 fully saturated rings. The first kappa shape index (κ1) is 36.6. The first-order valence-electron chi connectivity index (χ1n) is 17.5. The lowest BCUT2D eigenvalue weighted by Gasteiger charge is -2.48. The Morgan fingerprint density at radius 2 is 1.98 bits per heavy atom. The summed E-state index contributed by atoms with van der Waals surface area (Å²) in [6, 6.07) is 10.9. The van der Waals surface area contributed by atoms with Gasteiger partial charge in [0.05, 0.1) is 38.1 Å². The van der Waals surface area contributed by atoms with Crippen LogP contribution in [0.15, 0.2) is 52.9 Å². The molecule has 50 heavy (non-hydrogen) atoms. The van der Waals surface area contributed by atoms with Crippen molar-refractivity contribution in [3.05, 3.63) is 70.3 Å². The van der Waals surface area contributed by atoms with Crippen LogP contribution in [0, 0.1) is 17.8 Å².